The summed E-state index contributed by atoms with van der Waals surface area (Å²) < 4.78 is 0. The predicted octanol–water partition coefficient (Wildman–Crippen LogP) is 8.01. The summed E-state index contributed by atoms with van der Waals surface area (Å²) in [5.41, 5.74) is 0.991. The van der Waals surface area contributed by atoms with Crippen molar-refractivity contribution in [3.05, 3.63) is 24.3 Å². The molecule has 1 unspecified atom stereocenters. The van der Waals surface area contributed by atoms with E-state index in [1.165, 1.54) is 12.8 Å². The number of allylic oxidation sites excluding steroid dienone is 3. The first-order valence-corrected chi connectivity index (χ1v) is 9.25. The lowest BCUT2D eigenvalue weighted by Crippen LogP contribution is -2.25. The van der Waals surface area contributed by atoms with Crippen molar-refractivity contribution in [3.63, 3.8) is 0 Å². The maximum Gasteiger partial charge on any atom is 0.0144 e. The van der Waals surface area contributed by atoms with Crippen LogP contribution in [0.3, 0.4) is 0 Å². The minimum Gasteiger partial charge on any atom is -0.314 e. The van der Waals surface area contributed by atoms with E-state index in [9.17, 15) is 0 Å². The molecule has 0 heterocycles. The smallest absolute Gasteiger partial charge is 0.0144 e. The van der Waals surface area contributed by atoms with E-state index in [-0.39, 0.29) is 7.43 Å². The highest BCUT2D eigenvalue weighted by Crippen LogP contribution is 1.88. The third-order valence-electron chi connectivity index (χ3n) is 2.29. The van der Waals surface area contributed by atoms with Gasteiger partial charge >= 0.3 is 0 Å². The lowest BCUT2D eigenvalue weighted by molar-refractivity contribution is 0.533. The quantitative estimate of drug-likeness (QED) is 0.307. The van der Waals surface area contributed by atoms with Gasteiger partial charge in [-0.2, -0.15) is 0 Å². The molecule has 0 radical (unpaired) electrons. The van der Waals surface area contributed by atoms with Crippen LogP contribution >= 0.6 is 12.2 Å². The molecule has 0 aromatic heterocycles. The van der Waals surface area contributed by atoms with E-state index in [0.717, 1.165) is 17.0 Å². The van der Waals surface area contributed by atoms with Gasteiger partial charge in [0.05, 0.1) is 0 Å². The Balaban J connectivity index is -0.0000000431. The molecule has 0 aromatic carbocycles. The molecule has 0 aliphatic heterocycles. The summed E-state index contributed by atoms with van der Waals surface area (Å²) >= 11 is 4.72. The molecule has 1 N–H and O–H groups in total. The second-order valence-electron chi connectivity index (χ2n) is 4.27. The maximum atomic E-state index is 4.72. The molecule has 1 atom stereocenters. The van der Waals surface area contributed by atoms with Crippen LogP contribution in [0.4, 0.5) is 0 Å². The average Bonchev–Trinajstić information content (AvgIpc) is 2.56. The molecule has 0 fully saturated rings. The zero-order chi connectivity index (χ0) is 19.0. The lowest BCUT2D eigenvalue weighted by atomic mass is 10.2. The first-order chi connectivity index (χ1) is 10.4. The topological polar surface area (TPSA) is 12.0 Å². The number of hydrogen-bond donors (Lipinski definition) is 1. The van der Waals surface area contributed by atoms with Crippen molar-refractivity contribution in [2.24, 2.45) is 0 Å². The van der Waals surface area contributed by atoms with E-state index in [1.807, 2.05) is 67.5 Å². The Morgan fingerprint density at radius 3 is 1.48 bits per heavy atom. The Labute approximate surface area is 156 Å². The Kier molecular flexibility index (Phi) is 71.4. The van der Waals surface area contributed by atoms with E-state index in [1.54, 1.807) is 0 Å². The average molecular weight is 348 g/mol. The minimum absolute atomic E-state index is 0. The fourth-order valence-corrected chi connectivity index (χ4v) is 0.535. The molecule has 144 valence electrons. The molecule has 0 spiro atoms. The van der Waals surface area contributed by atoms with Crippen LogP contribution in [-0.2, 0) is 0 Å². The first kappa shape index (κ1) is 38.2. The molecular formula is C21H49NS. The van der Waals surface area contributed by atoms with Crippen molar-refractivity contribution in [1.29, 1.82) is 0 Å². The highest BCUT2D eigenvalue weighted by atomic mass is 32.1. The number of nitrogens with one attached hydrogen (secondary N) is 1. The van der Waals surface area contributed by atoms with Gasteiger partial charge in [0.25, 0.3) is 0 Å². The van der Waals surface area contributed by atoms with Crippen LogP contribution in [0.5, 0.6) is 0 Å². The Bertz CT molecular complexity index is 204. The van der Waals surface area contributed by atoms with Gasteiger partial charge in [-0.3, -0.25) is 0 Å². The molecule has 0 aromatic rings. The van der Waals surface area contributed by atoms with E-state index >= 15 is 0 Å². The van der Waals surface area contributed by atoms with Crippen molar-refractivity contribution in [2.75, 3.05) is 6.54 Å². The first-order valence-electron chi connectivity index (χ1n) is 8.84. The largest absolute Gasteiger partial charge is 0.314 e. The summed E-state index contributed by atoms with van der Waals surface area (Å²) in [5, 5.41) is 3.38. The minimum atomic E-state index is 0. The van der Waals surface area contributed by atoms with Gasteiger partial charge in [-0.05, 0) is 59.6 Å². The van der Waals surface area contributed by atoms with Crippen LogP contribution in [-0.4, -0.2) is 17.5 Å². The maximum absolute atomic E-state index is 4.72. The molecular weight excluding hydrogens is 298 g/mol. The van der Waals surface area contributed by atoms with Crippen molar-refractivity contribution < 1.29 is 0 Å². The van der Waals surface area contributed by atoms with Crippen LogP contribution < -0.4 is 5.32 Å². The van der Waals surface area contributed by atoms with E-state index in [4.69, 9.17) is 12.2 Å². The Morgan fingerprint density at radius 1 is 1.04 bits per heavy atom. The molecule has 0 bridgehead atoms. The molecule has 2 heteroatoms. The highest BCUT2D eigenvalue weighted by Gasteiger charge is 1.92. The molecule has 0 rings (SSSR count). The summed E-state index contributed by atoms with van der Waals surface area (Å²) in [6.45, 7) is 27.2. The SMILES string of the molecule is C.C/C=C\C.C=C(C)C(C)=S.CC.CC.CCCNC(C)CC. The lowest BCUT2D eigenvalue weighted by Gasteiger charge is -2.08. The van der Waals surface area contributed by atoms with Crippen LogP contribution in [0.1, 0.15) is 96.4 Å². The molecule has 23 heavy (non-hydrogen) atoms. The Hall–Kier alpha value is -0.470. The van der Waals surface area contributed by atoms with Gasteiger partial charge in [0.2, 0.25) is 0 Å². The third kappa shape index (κ3) is 74.1. The summed E-state index contributed by atoms with van der Waals surface area (Å²) in [4.78, 5) is 0.898. The van der Waals surface area contributed by atoms with Crippen LogP contribution in [0.2, 0.25) is 0 Å². The molecule has 0 saturated carbocycles. The van der Waals surface area contributed by atoms with Crippen molar-refractivity contribution >= 4 is 17.1 Å². The number of hydrogen-bond acceptors (Lipinski definition) is 2. The van der Waals surface area contributed by atoms with Crippen LogP contribution in [0.15, 0.2) is 24.3 Å². The normalized spacial score (nSPS) is 9.00. The summed E-state index contributed by atoms with van der Waals surface area (Å²) in [6.07, 6.45) is 6.48. The second kappa shape index (κ2) is 43.0. The van der Waals surface area contributed by atoms with Gasteiger partial charge in [0.1, 0.15) is 0 Å². The third-order valence-corrected chi connectivity index (χ3v) is 2.64. The van der Waals surface area contributed by atoms with Crippen molar-refractivity contribution in [3.8, 4) is 0 Å². The highest BCUT2D eigenvalue weighted by molar-refractivity contribution is 7.80. The Morgan fingerprint density at radius 2 is 1.35 bits per heavy atom. The summed E-state index contributed by atoms with van der Waals surface area (Å²) in [7, 11) is 0. The number of rotatable bonds is 5. The van der Waals surface area contributed by atoms with Gasteiger partial charge in [-0.1, -0.05) is 79.9 Å². The van der Waals surface area contributed by atoms with E-state index in [0.29, 0.717) is 6.04 Å². The van der Waals surface area contributed by atoms with Gasteiger partial charge in [0, 0.05) is 10.9 Å². The van der Waals surface area contributed by atoms with Crippen LogP contribution in [0, 0.1) is 0 Å². The zero-order valence-electron chi connectivity index (χ0n) is 17.5. The monoisotopic (exact) mass is 347 g/mol. The van der Waals surface area contributed by atoms with Gasteiger partial charge in [-0.25, -0.2) is 0 Å². The van der Waals surface area contributed by atoms with Gasteiger partial charge in [0.15, 0.2) is 0 Å². The summed E-state index contributed by atoms with van der Waals surface area (Å²) in [6, 6.07) is 0.704. The van der Waals surface area contributed by atoms with Crippen molar-refractivity contribution in [1.82, 2.24) is 5.32 Å². The predicted molar refractivity (Wildman–Crippen MR) is 121 cm³/mol. The van der Waals surface area contributed by atoms with Crippen LogP contribution in [0.25, 0.3) is 0 Å². The number of thiocarbonyl (C=S) groups is 1. The van der Waals surface area contributed by atoms with E-state index < -0.39 is 0 Å². The van der Waals surface area contributed by atoms with E-state index in [2.05, 4.69) is 32.7 Å². The fraction of sp³-hybridized carbons (Fsp3) is 0.762. The molecule has 0 aliphatic carbocycles. The molecule has 1 nitrogen and oxygen atoms in total. The van der Waals surface area contributed by atoms with Gasteiger partial charge < -0.3 is 5.32 Å². The van der Waals surface area contributed by atoms with Crippen molar-refractivity contribution in [2.45, 2.75) is 102 Å². The summed E-state index contributed by atoms with van der Waals surface area (Å²) in [5.74, 6) is 0. The molecule has 0 aliphatic rings. The van der Waals surface area contributed by atoms with Gasteiger partial charge in [-0.15, -0.1) is 0 Å². The second-order valence-corrected chi connectivity index (χ2v) is 4.88. The molecule has 0 amide bonds. The zero-order valence-corrected chi connectivity index (χ0v) is 18.3. The standard InChI is InChI=1S/C7H17N.C5H8S.C4H8.2C2H6.CH4/c1-4-6-8-7(3)5-2;1-4(2)5(3)6;1-3-4-2;2*1-2;/h7-8H,4-6H2,1-3H3;1H2,2-3H3;3-4H,1-2H3;2*1-2H3;1H4/b;;4-3-;;;. The fourth-order valence-electron chi connectivity index (χ4n) is 0.535. The molecule has 0 saturated heterocycles.